The molecule has 3 aliphatic rings. The molecule has 0 fully saturated rings. The van der Waals surface area contributed by atoms with Crippen molar-refractivity contribution in [3.05, 3.63) is 47.7 Å². The van der Waals surface area contributed by atoms with E-state index in [0.717, 1.165) is 30.0 Å². The number of rotatable bonds is 6. The van der Waals surface area contributed by atoms with Crippen LogP contribution in [0.3, 0.4) is 0 Å². The number of nitrogens with zero attached hydrogens (tertiary/aromatic N) is 1. The Bertz CT molecular complexity index is 817. The van der Waals surface area contributed by atoms with Gasteiger partial charge in [-0.25, -0.2) is 0 Å². The number of ketones is 1. The van der Waals surface area contributed by atoms with Gasteiger partial charge in [0.1, 0.15) is 12.7 Å². The van der Waals surface area contributed by atoms with Crippen LogP contribution in [0.4, 0.5) is 0 Å². The molecule has 0 aromatic heterocycles. The zero-order valence-corrected chi connectivity index (χ0v) is 16.4. The lowest BCUT2D eigenvalue weighted by Crippen LogP contribution is -2.42. The van der Waals surface area contributed by atoms with Crippen LogP contribution in [-0.4, -0.2) is 54.9 Å². The summed E-state index contributed by atoms with van der Waals surface area (Å²) < 4.78 is 17.0. The Labute approximate surface area is 165 Å². The molecular weight excluding hydrogens is 358 g/mol. The quantitative estimate of drug-likeness (QED) is 0.599. The van der Waals surface area contributed by atoms with Gasteiger partial charge in [-0.05, 0) is 31.1 Å². The highest BCUT2D eigenvalue weighted by Crippen LogP contribution is 2.55. The van der Waals surface area contributed by atoms with Crippen molar-refractivity contribution in [2.45, 2.75) is 43.9 Å². The van der Waals surface area contributed by atoms with Gasteiger partial charge >= 0.3 is 0 Å². The lowest BCUT2D eigenvalue weighted by Gasteiger charge is -2.35. The molecule has 6 nitrogen and oxygen atoms in total. The molecule has 2 heterocycles. The van der Waals surface area contributed by atoms with E-state index in [1.807, 2.05) is 25.3 Å². The predicted molar refractivity (Wildman–Crippen MR) is 105 cm³/mol. The monoisotopic (exact) mass is 385 g/mol. The standard InChI is InChI=1S/C22H27NO5/c1-3-27-14-17(25)7-10-23-11-9-22-8-6-16(24)12-19(22)28-21-18(26-2)5-4-15(13-23)20(21)22/h4-8,10,16,19,24H,3,9,11-14H2,1-2H3/b10-7+/t16-,19?,22?/m0/s1. The fraction of sp³-hybridized carbons (Fsp3) is 0.500. The van der Waals surface area contributed by atoms with E-state index in [1.165, 1.54) is 5.56 Å². The molecule has 3 atom stereocenters. The SMILES string of the molecule is CCOCC(=O)/C=C/N1CCC23C=C[C@H](O)CC2Oc2c(OC)ccc(c23)C1. The molecule has 2 aliphatic heterocycles. The van der Waals surface area contributed by atoms with Crippen molar-refractivity contribution < 1.29 is 24.1 Å². The number of benzene rings is 1. The lowest BCUT2D eigenvalue weighted by atomic mass is 9.69. The second-order valence-electron chi connectivity index (χ2n) is 7.58. The molecule has 1 aromatic rings. The maximum Gasteiger partial charge on any atom is 0.182 e. The topological polar surface area (TPSA) is 68.2 Å². The normalized spacial score (nSPS) is 27.9. The van der Waals surface area contributed by atoms with Crippen LogP contribution in [0.1, 0.15) is 30.9 Å². The van der Waals surface area contributed by atoms with Gasteiger partial charge in [0, 0.05) is 37.9 Å². The van der Waals surface area contributed by atoms with Crippen LogP contribution in [0.5, 0.6) is 11.5 Å². The van der Waals surface area contributed by atoms with E-state index in [-0.39, 0.29) is 23.9 Å². The van der Waals surface area contributed by atoms with Crippen LogP contribution in [-0.2, 0) is 21.5 Å². The van der Waals surface area contributed by atoms with Crippen molar-refractivity contribution >= 4 is 5.78 Å². The van der Waals surface area contributed by atoms with Gasteiger partial charge in [0.2, 0.25) is 0 Å². The Hall–Kier alpha value is -2.31. The summed E-state index contributed by atoms with van der Waals surface area (Å²) in [5.74, 6) is 1.48. The molecule has 0 saturated carbocycles. The number of methoxy groups -OCH3 is 1. The molecule has 1 N–H and O–H groups in total. The third-order valence-electron chi connectivity index (χ3n) is 5.91. The maximum atomic E-state index is 11.9. The molecule has 0 saturated heterocycles. The summed E-state index contributed by atoms with van der Waals surface area (Å²) in [4.78, 5) is 14.1. The van der Waals surface area contributed by atoms with Gasteiger partial charge in [0.15, 0.2) is 17.3 Å². The Kier molecular flexibility index (Phi) is 5.17. The highest BCUT2D eigenvalue weighted by Gasteiger charge is 2.52. The highest BCUT2D eigenvalue weighted by atomic mass is 16.5. The Morgan fingerprint density at radius 2 is 2.32 bits per heavy atom. The second kappa shape index (κ2) is 7.60. The number of hydrogen-bond donors (Lipinski definition) is 1. The predicted octanol–water partition coefficient (Wildman–Crippen LogP) is 2.34. The summed E-state index contributed by atoms with van der Waals surface area (Å²) in [7, 11) is 1.65. The molecule has 0 radical (unpaired) electrons. The van der Waals surface area contributed by atoms with Gasteiger partial charge in [-0.15, -0.1) is 0 Å². The van der Waals surface area contributed by atoms with Gasteiger partial charge in [-0.1, -0.05) is 18.2 Å². The first-order valence-corrected chi connectivity index (χ1v) is 9.84. The van der Waals surface area contributed by atoms with Gasteiger partial charge in [0.25, 0.3) is 0 Å². The van der Waals surface area contributed by atoms with Crippen molar-refractivity contribution in [1.82, 2.24) is 4.90 Å². The van der Waals surface area contributed by atoms with E-state index >= 15 is 0 Å². The number of hydrogen-bond acceptors (Lipinski definition) is 6. The molecule has 0 amide bonds. The van der Waals surface area contributed by atoms with Crippen LogP contribution in [0.2, 0.25) is 0 Å². The molecule has 2 unspecified atom stereocenters. The average Bonchev–Trinajstić information content (AvgIpc) is 2.93. The average molecular weight is 385 g/mol. The van der Waals surface area contributed by atoms with E-state index in [1.54, 1.807) is 13.2 Å². The van der Waals surface area contributed by atoms with Crippen molar-refractivity contribution in [3.63, 3.8) is 0 Å². The third-order valence-corrected chi connectivity index (χ3v) is 5.91. The number of aliphatic hydroxyl groups excluding tert-OH is 1. The van der Waals surface area contributed by atoms with Crippen LogP contribution in [0.25, 0.3) is 0 Å². The third kappa shape index (κ3) is 3.20. The molecule has 1 aliphatic carbocycles. The summed E-state index contributed by atoms with van der Waals surface area (Å²) in [6, 6.07) is 4.02. The molecular formula is C22H27NO5. The first kappa shape index (κ1) is 19.0. The molecule has 1 aromatic carbocycles. The largest absolute Gasteiger partial charge is 0.493 e. The van der Waals surface area contributed by atoms with Crippen molar-refractivity contribution in [2.24, 2.45) is 0 Å². The van der Waals surface area contributed by atoms with Crippen LogP contribution in [0, 0.1) is 0 Å². The summed E-state index contributed by atoms with van der Waals surface area (Å²) in [6.45, 7) is 4.00. The molecule has 150 valence electrons. The van der Waals surface area contributed by atoms with E-state index in [2.05, 4.69) is 17.0 Å². The molecule has 28 heavy (non-hydrogen) atoms. The number of carbonyl (C=O) groups excluding carboxylic acids is 1. The van der Waals surface area contributed by atoms with Crippen LogP contribution < -0.4 is 9.47 Å². The van der Waals surface area contributed by atoms with Crippen molar-refractivity contribution in [1.29, 1.82) is 0 Å². The zero-order valence-electron chi connectivity index (χ0n) is 16.4. The molecule has 1 spiro atoms. The van der Waals surface area contributed by atoms with E-state index < -0.39 is 6.10 Å². The van der Waals surface area contributed by atoms with Gasteiger partial charge < -0.3 is 24.2 Å². The summed E-state index contributed by atoms with van der Waals surface area (Å²) >= 11 is 0. The number of ether oxygens (including phenoxy) is 3. The van der Waals surface area contributed by atoms with Gasteiger partial charge in [0.05, 0.1) is 18.6 Å². The van der Waals surface area contributed by atoms with E-state index in [0.29, 0.717) is 19.6 Å². The summed E-state index contributed by atoms with van der Waals surface area (Å²) in [5.41, 5.74) is 2.06. The summed E-state index contributed by atoms with van der Waals surface area (Å²) in [6.07, 6.45) is 8.28. The van der Waals surface area contributed by atoms with Crippen molar-refractivity contribution in [2.75, 3.05) is 26.9 Å². The minimum absolute atomic E-state index is 0.0366. The Balaban J connectivity index is 1.67. The first-order chi connectivity index (χ1) is 13.6. The van der Waals surface area contributed by atoms with Gasteiger partial charge in [-0.3, -0.25) is 4.79 Å². The first-order valence-electron chi connectivity index (χ1n) is 9.84. The lowest BCUT2D eigenvalue weighted by molar-refractivity contribution is -0.118. The molecule has 0 bridgehead atoms. The van der Waals surface area contributed by atoms with E-state index in [9.17, 15) is 9.90 Å². The van der Waals surface area contributed by atoms with Crippen LogP contribution >= 0.6 is 0 Å². The number of carbonyl (C=O) groups is 1. The summed E-state index contributed by atoms with van der Waals surface area (Å²) in [5, 5.41) is 10.1. The number of aliphatic hydroxyl groups is 1. The minimum Gasteiger partial charge on any atom is -0.493 e. The molecule has 6 heteroatoms. The van der Waals surface area contributed by atoms with Crippen LogP contribution in [0.15, 0.2) is 36.6 Å². The fourth-order valence-electron chi connectivity index (χ4n) is 4.52. The maximum absolute atomic E-state index is 11.9. The molecule has 4 rings (SSSR count). The van der Waals surface area contributed by atoms with Gasteiger partial charge in [-0.2, -0.15) is 0 Å². The smallest absolute Gasteiger partial charge is 0.182 e. The minimum atomic E-state index is -0.491. The highest BCUT2D eigenvalue weighted by molar-refractivity contribution is 5.90. The van der Waals surface area contributed by atoms with E-state index in [4.69, 9.17) is 14.2 Å². The Morgan fingerprint density at radius 3 is 3.11 bits per heavy atom. The second-order valence-corrected chi connectivity index (χ2v) is 7.58. The Morgan fingerprint density at radius 1 is 1.46 bits per heavy atom. The fourth-order valence-corrected chi connectivity index (χ4v) is 4.52. The zero-order chi connectivity index (χ0) is 19.7. The van der Waals surface area contributed by atoms with Crippen molar-refractivity contribution in [3.8, 4) is 11.5 Å².